The molecule has 0 spiro atoms. The van der Waals surface area contributed by atoms with Crippen LogP contribution in [0.3, 0.4) is 0 Å². The molecule has 0 saturated carbocycles. The van der Waals surface area contributed by atoms with Crippen LogP contribution in [0.2, 0.25) is 0 Å². The normalized spacial score (nSPS) is 20.2. The summed E-state index contributed by atoms with van der Waals surface area (Å²) in [4.78, 5) is 16.2. The molecular formula is C17H34N2O2. The van der Waals surface area contributed by atoms with Crippen LogP contribution in [-0.4, -0.2) is 61.6 Å². The zero-order valence-corrected chi connectivity index (χ0v) is 14.6. The number of hydrogen-bond acceptors (Lipinski definition) is 3. The number of carbonyl (C=O) groups excluding carboxylic acids is 1. The maximum absolute atomic E-state index is 11.9. The van der Waals surface area contributed by atoms with E-state index in [9.17, 15) is 4.79 Å². The second-order valence-electron chi connectivity index (χ2n) is 7.03. The number of nitrogens with zero attached hydrogens (tertiary/aromatic N) is 2. The average molecular weight is 298 g/mol. The van der Waals surface area contributed by atoms with Crippen molar-refractivity contribution < 1.29 is 9.53 Å². The lowest BCUT2D eigenvalue weighted by atomic mass is 10.1. The molecule has 1 heterocycles. The largest absolute Gasteiger partial charge is 0.375 e. The SMILES string of the molecule is CC(C)CCCN1CCO[C@H](CCN(C)C(=O)C(C)C)C1. The van der Waals surface area contributed by atoms with Crippen molar-refractivity contribution in [1.82, 2.24) is 9.80 Å². The number of ether oxygens (including phenoxy) is 1. The minimum Gasteiger partial charge on any atom is -0.375 e. The van der Waals surface area contributed by atoms with Crippen LogP contribution in [0.25, 0.3) is 0 Å². The van der Waals surface area contributed by atoms with Gasteiger partial charge in [-0.3, -0.25) is 9.69 Å². The van der Waals surface area contributed by atoms with Crippen molar-refractivity contribution in [2.24, 2.45) is 11.8 Å². The molecule has 0 N–H and O–H groups in total. The van der Waals surface area contributed by atoms with Crippen LogP contribution >= 0.6 is 0 Å². The van der Waals surface area contributed by atoms with Crippen LogP contribution in [0, 0.1) is 11.8 Å². The summed E-state index contributed by atoms with van der Waals surface area (Å²) in [6.07, 6.45) is 3.79. The highest BCUT2D eigenvalue weighted by Crippen LogP contribution is 2.12. The molecule has 0 aromatic heterocycles. The van der Waals surface area contributed by atoms with Crippen molar-refractivity contribution in [2.45, 2.75) is 53.1 Å². The lowest BCUT2D eigenvalue weighted by molar-refractivity contribution is -0.133. The van der Waals surface area contributed by atoms with Gasteiger partial charge in [0.15, 0.2) is 0 Å². The van der Waals surface area contributed by atoms with Crippen molar-refractivity contribution in [3.63, 3.8) is 0 Å². The maximum atomic E-state index is 11.9. The summed E-state index contributed by atoms with van der Waals surface area (Å²) in [6, 6.07) is 0. The molecule has 1 aliphatic rings. The third-order valence-electron chi connectivity index (χ3n) is 4.14. The van der Waals surface area contributed by atoms with Crippen LogP contribution in [-0.2, 0) is 9.53 Å². The third kappa shape index (κ3) is 7.28. The van der Waals surface area contributed by atoms with E-state index in [0.717, 1.165) is 38.6 Å². The fraction of sp³-hybridized carbons (Fsp3) is 0.941. The summed E-state index contributed by atoms with van der Waals surface area (Å²) >= 11 is 0. The Morgan fingerprint density at radius 2 is 2.05 bits per heavy atom. The molecule has 124 valence electrons. The van der Waals surface area contributed by atoms with Crippen molar-refractivity contribution >= 4 is 5.91 Å². The van der Waals surface area contributed by atoms with Crippen LogP contribution in [0.1, 0.15) is 47.0 Å². The quantitative estimate of drug-likeness (QED) is 0.690. The van der Waals surface area contributed by atoms with Gasteiger partial charge in [0.25, 0.3) is 0 Å². The Bertz CT molecular complexity index is 305. The monoisotopic (exact) mass is 298 g/mol. The fourth-order valence-corrected chi connectivity index (χ4v) is 2.77. The minimum atomic E-state index is 0.0785. The topological polar surface area (TPSA) is 32.8 Å². The molecular weight excluding hydrogens is 264 g/mol. The van der Waals surface area contributed by atoms with E-state index in [2.05, 4.69) is 18.7 Å². The summed E-state index contributed by atoms with van der Waals surface area (Å²) in [5.74, 6) is 1.09. The van der Waals surface area contributed by atoms with Gasteiger partial charge in [0.05, 0.1) is 12.7 Å². The Morgan fingerprint density at radius 3 is 2.67 bits per heavy atom. The molecule has 0 radical (unpaired) electrons. The molecule has 1 rings (SSSR count). The second-order valence-corrected chi connectivity index (χ2v) is 7.03. The van der Waals surface area contributed by atoms with Gasteiger partial charge in [0.1, 0.15) is 0 Å². The minimum absolute atomic E-state index is 0.0785. The fourth-order valence-electron chi connectivity index (χ4n) is 2.77. The first-order valence-electron chi connectivity index (χ1n) is 8.49. The molecule has 1 fully saturated rings. The molecule has 4 heteroatoms. The molecule has 21 heavy (non-hydrogen) atoms. The first-order valence-corrected chi connectivity index (χ1v) is 8.49. The van der Waals surface area contributed by atoms with E-state index in [0.29, 0.717) is 0 Å². The van der Waals surface area contributed by atoms with Crippen molar-refractivity contribution in [3.8, 4) is 0 Å². The summed E-state index contributed by atoms with van der Waals surface area (Å²) in [7, 11) is 1.89. The van der Waals surface area contributed by atoms with Crippen molar-refractivity contribution in [1.29, 1.82) is 0 Å². The van der Waals surface area contributed by atoms with Gasteiger partial charge in [-0.2, -0.15) is 0 Å². The molecule has 1 aliphatic heterocycles. The van der Waals surface area contributed by atoms with Crippen LogP contribution < -0.4 is 0 Å². The van der Waals surface area contributed by atoms with E-state index >= 15 is 0 Å². The number of amides is 1. The predicted octanol–water partition coefficient (Wildman–Crippen LogP) is 2.63. The van der Waals surface area contributed by atoms with E-state index in [1.807, 2.05) is 25.8 Å². The van der Waals surface area contributed by atoms with Gasteiger partial charge in [0.2, 0.25) is 5.91 Å². The molecule has 4 nitrogen and oxygen atoms in total. The average Bonchev–Trinajstić information content (AvgIpc) is 2.44. The molecule has 1 amide bonds. The Balaban J connectivity index is 2.25. The molecule has 0 bridgehead atoms. The van der Waals surface area contributed by atoms with Crippen LogP contribution in [0.4, 0.5) is 0 Å². The lowest BCUT2D eigenvalue weighted by Gasteiger charge is -2.34. The van der Waals surface area contributed by atoms with Gasteiger partial charge in [-0.25, -0.2) is 0 Å². The summed E-state index contributed by atoms with van der Waals surface area (Å²) in [5.41, 5.74) is 0. The van der Waals surface area contributed by atoms with Crippen LogP contribution in [0.5, 0.6) is 0 Å². The number of carbonyl (C=O) groups is 1. The number of rotatable bonds is 8. The Kier molecular flexibility index (Phi) is 8.27. The van der Waals surface area contributed by atoms with Gasteiger partial charge in [0, 0.05) is 32.6 Å². The third-order valence-corrected chi connectivity index (χ3v) is 4.14. The first kappa shape index (κ1) is 18.4. The number of morpholine rings is 1. The molecule has 1 saturated heterocycles. The second kappa shape index (κ2) is 9.42. The van der Waals surface area contributed by atoms with E-state index in [4.69, 9.17) is 4.74 Å². The summed E-state index contributed by atoms with van der Waals surface area (Å²) in [5, 5.41) is 0. The Labute approximate surface area is 130 Å². The van der Waals surface area contributed by atoms with Gasteiger partial charge in [-0.05, 0) is 31.7 Å². The van der Waals surface area contributed by atoms with Gasteiger partial charge >= 0.3 is 0 Å². The zero-order chi connectivity index (χ0) is 15.8. The van der Waals surface area contributed by atoms with E-state index < -0.39 is 0 Å². The molecule has 0 aromatic carbocycles. The standard InChI is InChI=1S/C17H34N2O2/c1-14(2)7-6-9-19-11-12-21-16(13-19)8-10-18(5)17(20)15(3)4/h14-16H,6-13H2,1-5H3/t16-/m1/s1. The van der Waals surface area contributed by atoms with E-state index in [-0.39, 0.29) is 17.9 Å². The number of hydrogen-bond donors (Lipinski definition) is 0. The highest BCUT2D eigenvalue weighted by atomic mass is 16.5. The highest BCUT2D eigenvalue weighted by molar-refractivity contribution is 5.77. The predicted molar refractivity (Wildman–Crippen MR) is 87.3 cm³/mol. The zero-order valence-electron chi connectivity index (χ0n) is 14.6. The molecule has 0 unspecified atom stereocenters. The van der Waals surface area contributed by atoms with E-state index in [1.54, 1.807) is 0 Å². The summed E-state index contributed by atoms with van der Waals surface area (Å²) in [6.45, 7) is 13.3. The van der Waals surface area contributed by atoms with Crippen molar-refractivity contribution in [3.05, 3.63) is 0 Å². The molecule has 1 atom stereocenters. The Hall–Kier alpha value is -0.610. The molecule has 0 aromatic rings. The van der Waals surface area contributed by atoms with Gasteiger partial charge < -0.3 is 9.64 Å². The van der Waals surface area contributed by atoms with Gasteiger partial charge in [-0.15, -0.1) is 0 Å². The Morgan fingerprint density at radius 1 is 1.33 bits per heavy atom. The molecule has 0 aliphatic carbocycles. The van der Waals surface area contributed by atoms with Crippen LogP contribution in [0.15, 0.2) is 0 Å². The van der Waals surface area contributed by atoms with Gasteiger partial charge in [-0.1, -0.05) is 27.7 Å². The van der Waals surface area contributed by atoms with Crippen molar-refractivity contribution in [2.75, 3.05) is 39.8 Å². The smallest absolute Gasteiger partial charge is 0.224 e. The maximum Gasteiger partial charge on any atom is 0.224 e. The summed E-state index contributed by atoms with van der Waals surface area (Å²) < 4.78 is 5.85. The highest BCUT2D eigenvalue weighted by Gasteiger charge is 2.21. The lowest BCUT2D eigenvalue weighted by Crippen LogP contribution is -2.44. The first-order chi connectivity index (χ1) is 9.90. The van der Waals surface area contributed by atoms with E-state index in [1.165, 1.54) is 19.4 Å².